The number of carbonyl (C=O) groups is 2. The molecule has 0 aromatic heterocycles. The Morgan fingerprint density at radius 3 is 2.54 bits per heavy atom. The number of carbonyl (C=O) groups excluding carboxylic acids is 2. The number of nitrogens with one attached hydrogen (secondary N) is 1. The maximum atomic E-state index is 12.9. The predicted octanol–water partition coefficient (Wildman–Crippen LogP) is 2.84. The first-order chi connectivity index (χ1) is 12.4. The molecule has 2 aliphatic rings. The zero-order valence-electron chi connectivity index (χ0n) is 16.1. The molecule has 2 fully saturated rings. The number of hydrogen-bond donors (Lipinski definition) is 1. The second kappa shape index (κ2) is 8.21. The van der Waals surface area contributed by atoms with E-state index in [-0.39, 0.29) is 29.9 Å². The van der Waals surface area contributed by atoms with Crippen LogP contribution in [0.4, 0.5) is 0 Å². The highest BCUT2D eigenvalue weighted by atomic mass is 16.5. The second-order valence-electron chi connectivity index (χ2n) is 7.82. The molecule has 2 aliphatic heterocycles. The molecule has 1 aromatic carbocycles. The Bertz CT molecular complexity index is 647. The second-order valence-corrected chi connectivity index (χ2v) is 7.82. The normalized spacial score (nSPS) is 24.3. The van der Waals surface area contributed by atoms with Gasteiger partial charge in [-0.1, -0.05) is 17.2 Å². The van der Waals surface area contributed by atoms with Gasteiger partial charge in [-0.25, -0.2) is 0 Å². The van der Waals surface area contributed by atoms with Crippen LogP contribution in [0.1, 0.15) is 54.1 Å². The predicted molar refractivity (Wildman–Crippen MR) is 101 cm³/mol. The van der Waals surface area contributed by atoms with Crippen molar-refractivity contribution in [2.45, 2.75) is 58.6 Å². The summed E-state index contributed by atoms with van der Waals surface area (Å²) in [5.74, 6) is -0.0603. The Morgan fingerprint density at radius 1 is 1.15 bits per heavy atom. The van der Waals surface area contributed by atoms with E-state index in [2.05, 4.69) is 11.4 Å². The molecule has 1 aromatic rings. The molecule has 0 spiro atoms. The lowest BCUT2D eigenvalue weighted by Gasteiger charge is -2.33. The monoisotopic (exact) mass is 358 g/mol. The minimum Gasteiger partial charge on any atom is -0.376 e. The van der Waals surface area contributed by atoms with Crippen molar-refractivity contribution in [1.29, 1.82) is 0 Å². The van der Waals surface area contributed by atoms with E-state index in [1.54, 1.807) is 0 Å². The van der Waals surface area contributed by atoms with Crippen molar-refractivity contribution in [3.8, 4) is 0 Å². The average molecular weight is 358 g/mol. The van der Waals surface area contributed by atoms with Crippen molar-refractivity contribution in [1.82, 2.24) is 10.2 Å². The van der Waals surface area contributed by atoms with E-state index < -0.39 is 0 Å². The Balaban J connectivity index is 1.61. The van der Waals surface area contributed by atoms with Crippen molar-refractivity contribution in [3.05, 3.63) is 34.9 Å². The molecular weight excluding hydrogens is 328 g/mol. The van der Waals surface area contributed by atoms with E-state index in [1.165, 1.54) is 0 Å². The SMILES string of the molecule is Cc1cc(C)cc(C(=O)N2CCCC(C(=O)NC(C)C3CCCO3)C2)c1. The third-order valence-electron chi connectivity index (χ3n) is 5.44. The summed E-state index contributed by atoms with van der Waals surface area (Å²) in [6.45, 7) is 8.01. The van der Waals surface area contributed by atoms with E-state index in [0.29, 0.717) is 6.54 Å². The van der Waals surface area contributed by atoms with Crippen molar-refractivity contribution in [3.63, 3.8) is 0 Å². The van der Waals surface area contributed by atoms with Gasteiger partial charge in [0, 0.05) is 25.3 Å². The first kappa shape index (κ1) is 18.9. The largest absolute Gasteiger partial charge is 0.376 e. The van der Waals surface area contributed by atoms with Gasteiger partial charge in [0.2, 0.25) is 5.91 Å². The number of ether oxygens (including phenoxy) is 1. The summed E-state index contributed by atoms with van der Waals surface area (Å²) in [6.07, 6.45) is 3.88. The highest BCUT2D eigenvalue weighted by Gasteiger charge is 2.31. The van der Waals surface area contributed by atoms with Crippen LogP contribution in [0, 0.1) is 19.8 Å². The number of amides is 2. The van der Waals surface area contributed by atoms with Crippen LogP contribution < -0.4 is 5.32 Å². The molecule has 3 rings (SSSR count). The fraction of sp³-hybridized carbons (Fsp3) is 0.619. The van der Waals surface area contributed by atoms with Gasteiger partial charge in [-0.2, -0.15) is 0 Å². The third kappa shape index (κ3) is 4.44. The molecule has 0 saturated carbocycles. The van der Waals surface area contributed by atoms with Crippen LogP contribution in [0.2, 0.25) is 0 Å². The summed E-state index contributed by atoms with van der Waals surface area (Å²) in [7, 11) is 0. The van der Waals surface area contributed by atoms with Gasteiger partial charge >= 0.3 is 0 Å². The molecule has 2 amide bonds. The molecular formula is C21H30N2O3. The molecule has 0 radical (unpaired) electrons. The van der Waals surface area contributed by atoms with Crippen LogP contribution in [0.15, 0.2) is 18.2 Å². The minimum atomic E-state index is -0.137. The lowest BCUT2D eigenvalue weighted by molar-refractivity contribution is -0.127. The molecule has 0 aliphatic carbocycles. The number of piperidine rings is 1. The molecule has 2 saturated heterocycles. The quantitative estimate of drug-likeness (QED) is 0.900. The zero-order chi connectivity index (χ0) is 18.7. The number of aryl methyl sites for hydroxylation is 2. The molecule has 5 heteroatoms. The van der Waals surface area contributed by atoms with Crippen LogP contribution in [-0.4, -0.2) is 48.6 Å². The molecule has 5 nitrogen and oxygen atoms in total. The Labute approximate surface area is 156 Å². The molecule has 142 valence electrons. The van der Waals surface area contributed by atoms with E-state index in [4.69, 9.17) is 4.74 Å². The number of likely N-dealkylation sites (tertiary alicyclic amines) is 1. The maximum Gasteiger partial charge on any atom is 0.253 e. The highest BCUT2D eigenvalue weighted by molar-refractivity contribution is 5.95. The summed E-state index contributed by atoms with van der Waals surface area (Å²) in [6, 6.07) is 5.95. The summed E-state index contributed by atoms with van der Waals surface area (Å²) in [5, 5.41) is 3.11. The molecule has 0 bridgehead atoms. The average Bonchev–Trinajstić information content (AvgIpc) is 3.15. The van der Waals surface area contributed by atoms with Gasteiger partial charge in [0.15, 0.2) is 0 Å². The van der Waals surface area contributed by atoms with Crippen LogP contribution in [0.5, 0.6) is 0 Å². The van der Waals surface area contributed by atoms with Crippen molar-refractivity contribution < 1.29 is 14.3 Å². The molecule has 1 N–H and O–H groups in total. The number of rotatable bonds is 4. The van der Waals surface area contributed by atoms with Crippen LogP contribution in [0.3, 0.4) is 0 Å². The Kier molecular flexibility index (Phi) is 5.97. The number of hydrogen-bond acceptors (Lipinski definition) is 3. The number of benzene rings is 1. The zero-order valence-corrected chi connectivity index (χ0v) is 16.1. The van der Waals surface area contributed by atoms with Crippen molar-refractivity contribution in [2.75, 3.05) is 19.7 Å². The van der Waals surface area contributed by atoms with Gasteiger partial charge in [0.1, 0.15) is 0 Å². The fourth-order valence-electron chi connectivity index (χ4n) is 4.09. The number of nitrogens with zero attached hydrogens (tertiary/aromatic N) is 1. The fourth-order valence-corrected chi connectivity index (χ4v) is 4.09. The lowest BCUT2D eigenvalue weighted by atomic mass is 9.95. The van der Waals surface area contributed by atoms with E-state index in [9.17, 15) is 9.59 Å². The smallest absolute Gasteiger partial charge is 0.253 e. The first-order valence-electron chi connectivity index (χ1n) is 9.73. The van der Waals surface area contributed by atoms with Gasteiger partial charge < -0.3 is 15.0 Å². The van der Waals surface area contributed by atoms with E-state index in [0.717, 1.165) is 55.5 Å². The van der Waals surface area contributed by atoms with Gasteiger partial charge in [0.05, 0.1) is 18.1 Å². The van der Waals surface area contributed by atoms with Gasteiger partial charge in [-0.05, 0) is 58.6 Å². The molecule has 3 unspecified atom stereocenters. The Morgan fingerprint density at radius 2 is 1.88 bits per heavy atom. The minimum absolute atomic E-state index is 0.0236. The Hall–Kier alpha value is -1.88. The summed E-state index contributed by atoms with van der Waals surface area (Å²) in [5.41, 5.74) is 2.89. The van der Waals surface area contributed by atoms with Crippen LogP contribution >= 0.6 is 0 Å². The third-order valence-corrected chi connectivity index (χ3v) is 5.44. The van der Waals surface area contributed by atoms with Crippen LogP contribution in [-0.2, 0) is 9.53 Å². The van der Waals surface area contributed by atoms with Gasteiger partial charge in [0.25, 0.3) is 5.91 Å². The highest BCUT2D eigenvalue weighted by Crippen LogP contribution is 2.21. The lowest BCUT2D eigenvalue weighted by Crippen LogP contribution is -2.49. The summed E-state index contributed by atoms with van der Waals surface area (Å²) < 4.78 is 5.66. The topological polar surface area (TPSA) is 58.6 Å². The van der Waals surface area contributed by atoms with E-state index >= 15 is 0 Å². The van der Waals surface area contributed by atoms with Crippen molar-refractivity contribution >= 4 is 11.8 Å². The standard InChI is InChI=1S/C21H30N2O3/c1-14-10-15(2)12-18(11-14)21(25)23-8-4-6-17(13-23)20(24)22-16(3)19-7-5-9-26-19/h10-12,16-17,19H,4-9,13H2,1-3H3,(H,22,24). The van der Waals surface area contributed by atoms with Gasteiger partial charge in [-0.15, -0.1) is 0 Å². The molecule has 26 heavy (non-hydrogen) atoms. The molecule has 3 atom stereocenters. The first-order valence-corrected chi connectivity index (χ1v) is 9.73. The van der Waals surface area contributed by atoms with E-state index in [1.807, 2.05) is 37.8 Å². The van der Waals surface area contributed by atoms with Gasteiger partial charge in [-0.3, -0.25) is 9.59 Å². The van der Waals surface area contributed by atoms with Crippen molar-refractivity contribution in [2.24, 2.45) is 5.92 Å². The van der Waals surface area contributed by atoms with Crippen LogP contribution in [0.25, 0.3) is 0 Å². The summed E-state index contributed by atoms with van der Waals surface area (Å²) >= 11 is 0. The molecule has 2 heterocycles. The summed E-state index contributed by atoms with van der Waals surface area (Å²) in [4.78, 5) is 27.4. The maximum absolute atomic E-state index is 12.9.